The van der Waals surface area contributed by atoms with Crippen LogP contribution in [0.4, 0.5) is 4.79 Å². The van der Waals surface area contributed by atoms with Crippen molar-refractivity contribution in [3.8, 4) is 0 Å². The SMILES string of the molecule is COC(=O)NNC(=O)[C@@H]1C[C@H]1C. The molecule has 0 aromatic heterocycles. The molecule has 1 saturated carbocycles. The smallest absolute Gasteiger partial charge is 0.425 e. The maximum absolute atomic E-state index is 11.1. The van der Waals surface area contributed by atoms with Crippen molar-refractivity contribution in [2.24, 2.45) is 11.8 Å². The van der Waals surface area contributed by atoms with E-state index in [-0.39, 0.29) is 11.8 Å². The van der Waals surface area contributed by atoms with E-state index in [0.29, 0.717) is 5.92 Å². The number of carbonyl (C=O) groups is 2. The molecule has 2 N–H and O–H groups in total. The highest BCUT2D eigenvalue weighted by Gasteiger charge is 2.39. The van der Waals surface area contributed by atoms with Crippen LogP contribution in [0.3, 0.4) is 0 Å². The van der Waals surface area contributed by atoms with Crippen molar-refractivity contribution in [1.29, 1.82) is 0 Å². The molecule has 0 heterocycles. The standard InChI is InChI=1S/C7H12N2O3/c1-4-3-5(4)6(10)8-9-7(11)12-2/h4-5H,3H2,1-2H3,(H,8,10)(H,9,11)/t4-,5-/m1/s1. The van der Waals surface area contributed by atoms with Crippen LogP contribution in [0.5, 0.6) is 0 Å². The van der Waals surface area contributed by atoms with Gasteiger partial charge >= 0.3 is 6.09 Å². The number of hydrazine groups is 1. The Labute approximate surface area is 70.4 Å². The third kappa shape index (κ3) is 2.11. The van der Waals surface area contributed by atoms with Gasteiger partial charge in [0, 0.05) is 5.92 Å². The topological polar surface area (TPSA) is 67.4 Å². The van der Waals surface area contributed by atoms with Crippen molar-refractivity contribution in [3.63, 3.8) is 0 Å². The normalized spacial score (nSPS) is 25.8. The Kier molecular flexibility index (Phi) is 2.52. The van der Waals surface area contributed by atoms with E-state index in [2.05, 4.69) is 15.6 Å². The summed E-state index contributed by atoms with van der Waals surface area (Å²) >= 11 is 0. The average Bonchev–Trinajstić information content (AvgIpc) is 2.77. The molecule has 12 heavy (non-hydrogen) atoms. The van der Waals surface area contributed by atoms with Crippen LogP contribution in [0.15, 0.2) is 0 Å². The summed E-state index contributed by atoms with van der Waals surface area (Å²) in [4.78, 5) is 21.5. The van der Waals surface area contributed by atoms with E-state index in [1.807, 2.05) is 6.92 Å². The lowest BCUT2D eigenvalue weighted by Crippen LogP contribution is -2.42. The molecule has 0 aromatic rings. The summed E-state index contributed by atoms with van der Waals surface area (Å²) in [6.45, 7) is 1.99. The molecular weight excluding hydrogens is 160 g/mol. The lowest BCUT2D eigenvalue weighted by Gasteiger charge is -2.04. The van der Waals surface area contributed by atoms with Gasteiger partial charge in [-0.15, -0.1) is 0 Å². The number of carbonyl (C=O) groups excluding carboxylic acids is 2. The second-order valence-corrected chi connectivity index (χ2v) is 2.93. The van der Waals surface area contributed by atoms with Crippen LogP contribution in [0.2, 0.25) is 0 Å². The summed E-state index contributed by atoms with van der Waals surface area (Å²) in [5, 5.41) is 0. The van der Waals surface area contributed by atoms with Crippen molar-refractivity contribution in [1.82, 2.24) is 10.9 Å². The van der Waals surface area contributed by atoms with Gasteiger partial charge in [-0.3, -0.25) is 10.2 Å². The molecule has 2 atom stereocenters. The van der Waals surface area contributed by atoms with Crippen molar-refractivity contribution < 1.29 is 14.3 Å². The second kappa shape index (κ2) is 3.42. The first-order chi connectivity index (χ1) is 5.65. The fourth-order valence-corrected chi connectivity index (χ4v) is 0.944. The number of methoxy groups -OCH3 is 1. The van der Waals surface area contributed by atoms with E-state index in [1.165, 1.54) is 7.11 Å². The quantitative estimate of drug-likeness (QED) is 0.548. The van der Waals surface area contributed by atoms with Gasteiger partial charge in [-0.2, -0.15) is 0 Å². The predicted molar refractivity (Wildman–Crippen MR) is 41.0 cm³/mol. The van der Waals surface area contributed by atoms with Crippen LogP contribution >= 0.6 is 0 Å². The van der Waals surface area contributed by atoms with Gasteiger partial charge in [-0.05, 0) is 12.3 Å². The van der Waals surface area contributed by atoms with E-state index in [9.17, 15) is 9.59 Å². The molecule has 0 bridgehead atoms. The van der Waals surface area contributed by atoms with Gasteiger partial charge in [0.15, 0.2) is 0 Å². The number of hydrogen-bond donors (Lipinski definition) is 2. The highest BCUT2D eigenvalue weighted by molar-refractivity contribution is 5.83. The zero-order valence-corrected chi connectivity index (χ0v) is 7.09. The highest BCUT2D eigenvalue weighted by Crippen LogP contribution is 2.37. The van der Waals surface area contributed by atoms with E-state index in [4.69, 9.17) is 0 Å². The van der Waals surface area contributed by atoms with E-state index in [1.54, 1.807) is 0 Å². The van der Waals surface area contributed by atoms with Crippen molar-refractivity contribution in [2.75, 3.05) is 7.11 Å². The molecule has 1 aliphatic carbocycles. The first kappa shape index (κ1) is 8.83. The predicted octanol–water partition coefficient (Wildman–Crippen LogP) is 0.0296. The Bertz CT molecular complexity index is 205. The Morgan fingerprint density at radius 2 is 2.00 bits per heavy atom. The Hall–Kier alpha value is -1.26. The van der Waals surface area contributed by atoms with Crippen LogP contribution in [0, 0.1) is 11.8 Å². The second-order valence-electron chi connectivity index (χ2n) is 2.93. The minimum absolute atomic E-state index is 0.0576. The molecule has 0 radical (unpaired) electrons. The number of rotatable bonds is 1. The van der Waals surface area contributed by atoms with E-state index in [0.717, 1.165) is 6.42 Å². The van der Waals surface area contributed by atoms with Crippen molar-refractivity contribution in [3.05, 3.63) is 0 Å². The van der Waals surface area contributed by atoms with Crippen LogP contribution in [-0.2, 0) is 9.53 Å². The Morgan fingerprint density at radius 3 is 2.42 bits per heavy atom. The molecule has 0 saturated heterocycles. The zero-order chi connectivity index (χ0) is 9.14. The van der Waals surface area contributed by atoms with Crippen molar-refractivity contribution in [2.45, 2.75) is 13.3 Å². The van der Waals surface area contributed by atoms with E-state index >= 15 is 0 Å². The van der Waals surface area contributed by atoms with Crippen LogP contribution in [-0.4, -0.2) is 19.1 Å². The largest absolute Gasteiger partial charge is 0.452 e. The summed E-state index contributed by atoms with van der Waals surface area (Å²) in [6.07, 6.45) is 0.242. The van der Waals surface area contributed by atoms with Gasteiger partial charge in [0.1, 0.15) is 0 Å². The molecule has 0 aliphatic heterocycles. The number of nitrogens with one attached hydrogen (secondary N) is 2. The molecule has 1 fully saturated rings. The maximum Gasteiger partial charge on any atom is 0.425 e. The van der Waals surface area contributed by atoms with Crippen LogP contribution in [0.25, 0.3) is 0 Å². The third-order valence-electron chi connectivity index (χ3n) is 1.92. The number of amides is 2. The molecule has 0 aromatic carbocycles. The number of ether oxygens (including phenoxy) is 1. The van der Waals surface area contributed by atoms with Crippen LogP contribution in [0.1, 0.15) is 13.3 Å². The molecule has 1 aliphatic rings. The molecule has 5 nitrogen and oxygen atoms in total. The summed E-state index contributed by atoms with van der Waals surface area (Å²) in [5.74, 6) is 0.347. The first-order valence-electron chi connectivity index (χ1n) is 3.79. The molecule has 68 valence electrons. The van der Waals surface area contributed by atoms with Crippen molar-refractivity contribution >= 4 is 12.0 Å². The lowest BCUT2D eigenvalue weighted by atomic mass is 10.3. The Balaban J connectivity index is 2.15. The monoisotopic (exact) mass is 172 g/mol. The maximum atomic E-state index is 11.1. The summed E-state index contributed by atoms with van der Waals surface area (Å²) < 4.78 is 4.26. The van der Waals surface area contributed by atoms with Gasteiger partial charge in [0.25, 0.3) is 0 Å². The fourth-order valence-electron chi connectivity index (χ4n) is 0.944. The van der Waals surface area contributed by atoms with Gasteiger partial charge in [0.2, 0.25) is 5.91 Å². The first-order valence-corrected chi connectivity index (χ1v) is 3.79. The molecule has 0 unspecified atom stereocenters. The molecular formula is C7H12N2O3. The number of hydrogen-bond acceptors (Lipinski definition) is 3. The van der Waals surface area contributed by atoms with E-state index < -0.39 is 6.09 Å². The fraction of sp³-hybridized carbons (Fsp3) is 0.714. The van der Waals surface area contributed by atoms with Gasteiger partial charge in [-0.25, -0.2) is 10.2 Å². The minimum Gasteiger partial charge on any atom is -0.452 e. The summed E-state index contributed by atoms with van der Waals surface area (Å²) in [5.41, 5.74) is 4.38. The molecule has 2 amide bonds. The molecule has 5 heteroatoms. The third-order valence-corrected chi connectivity index (χ3v) is 1.92. The lowest BCUT2D eigenvalue weighted by molar-refractivity contribution is -0.123. The van der Waals surface area contributed by atoms with Gasteiger partial charge in [0.05, 0.1) is 7.11 Å². The summed E-state index contributed by atoms with van der Waals surface area (Å²) in [6, 6.07) is 0. The zero-order valence-electron chi connectivity index (χ0n) is 7.09. The Morgan fingerprint density at radius 1 is 1.42 bits per heavy atom. The highest BCUT2D eigenvalue weighted by atomic mass is 16.5. The minimum atomic E-state index is -0.656. The van der Waals surface area contributed by atoms with Crippen LogP contribution < -0.4 is 10.9 Å². The average molecular weight is 172 g/mol. The van der Waals surface area contributed by atoms with Gasteiger partial charge in [-0.1, -0.05) is 6.92 Å². The van der Waals surface area contributed by atoms with Gasteiger partial charge < -0.3 is 4.74 Å². The summed E-state index contributed by atoms with van der Waals surface area (Å²) in [7, 11) is 1.24. The molecule has 1 rings (SSSR count). The molecule has 0 spiro atoms.